The Bertz CT molecular complexity index is 1300. The lowest BCUT2D eigenvalue weighted by Gasteiger charge is -2.17. The Kier molecular flexibility index (Phi) is 8.83. The molecular formula is C29H32ClN3O2S. The third-order valence-corrected chi connectivity index (χ3v) is 7.39. The van der Waals surface area contributed by atoms with Crippen LogP contribution in [0.25, 0.3) is 11.4 Å². The first-order valence-electron chi connectivity index (χ1n) is 12.3. The number of hydrogen-bond acceptors (Lipinski definition) is 4. The van der Waals surface area contributed by atoms with Crippen molar-refractivity contribution in [1.82, 2.24) is 14.5 Å². The lowest BCUT2D eigenvalue weighted by atomic mass is 10.1. The molecule has 2 heterocycles. The van der Waals surface area contributed by atoms with Gasteiger partial charge in [-0.1, -0.05) is 67.4 Å². The lowest BCUT2D eigenvalue weighted by Crippen LogP contribution is -2.28. The van der Waals surface area contributed by atoms with Gasteiger partial charge in [-0.3, -0.25) is 4.79 Å². The molecule has 0 aliphatic carbocycles. The van der Waals surface area contributed by atoms with Gasteiger partial charge < -0.3 is 14.2 Å². The molecule has 0 atom stereocenters. The molecule has 1 amide bonds. The summed E-state index contributed by atoms with van der Waals surface area (Å²) in [5.41, 5.74) is 4.77. The minimum atomic E-state index is 0.0539. The van der Waals surface area contributed by atoms with Crippen LogP contribution in [0, 0.1) is 6.92 Å². The van der Waals surface area contributed by atoms with Gasteiger partial charge in [0.15, 0.2) is 0 Å². The summed E-state index contributed by atoms with van der Waals surface area (Å²) < 4.78 is 8.12. The minimum Gasteiger partial charge on any atom is -0.485 e. The number of rotatable bonds is 11. The van der Waals surface area contributed by atoms with E-state index in [9.17, 15) is 4.79 Å². The molecule has 36 heavy (non-hydrogen) atoms. The molecule has 5 nitrogen and oxygen atoms in total. The van der Waals surface area contributed by atoms with Crippen molar-refractivity contribution in [3.63, 3.8) is 0 Å². The number of unbranched alkanes of at least 4 members (excludes halogenated alkanes) is 1. The van der Waals surface area contributed by atoms with E-state index in [4.69, 9.17) is 21.3 Å². The maximum absolute atomic E-state index is 13.3. The summed E-state index contributed by atoms with van der Waals surface area (Å²) in [5, 5.41) is 3.47. The van der Waals surface area contributed by atoms with E-state index in [1.54, 1.807) is 11.3 Å². The van der Waals surface area contributed by atoms with Gasteiger partial charge in [0, 0.05) is 31.2 Å². The predicted octanol–water partition coefficient (Wildman–Crippen LogP) is 7.27. The number of nitrogens with zero attached hydrogens (tertiary/aromatic N) is 3. The molecule has 0 spiro atoms. The van der Waals surface area contributed by atoms with Crippen LogP contribution in [0.2, 0.25) is 5.02 Å². The van der Waals surface area contributed by atoms with Gasteiger partial charge in [-0.2, -0.15) is 0 Å². The van der Waals surface area contributed by atoms with Gasteiger partial charge in [0.1, 0.15) is 17.4 Å². The molecule has 4 rings (SSSR count). The van der Waals surface area contributed by atoms with Gasteiger partial charge in [-0.05, 0) is 43.5 Å². The fourth-order valence-electron chi connectivity index (χ4n) is 4.15. The van der Waals surface area contributed by atoms with Crippen LogP contribution in [0.5, 0.6) is 5.75 Å². The second-order valence-electron chi connectivity index (χ2n) is 8.84. The Morgan fingerprint density at radius 2 is 1.89 bits per heavy atom. The van der Waals surface area contributed by atoms with Crippen LogP contribution in [0.1, 0.15) is 46.4 Å². The number of halogens is 1. The predicted molar refractivity (Wildman–Crippen MR) is 148 cm³/mol. The van der Waals surface area contributed by atoms with Crippen molar-refractivity contribution in [3.05, 3.63) is 92.9 Å². The molecule has 0 aliphatic rings. The largest absolute Gasteiger partial charge is 0.485 e. The van der Waals surface area contributed by atoms with E-state index in [0.717, 1.165) is 60.0 Å². The van der Waals surface area contributed by atoms with Gasteiger partial charge in [-0.25, -0.2) is 4.98 Å². The lowest BCUT2D eigenvalue weighted by molar-refractivity contribution is 0.0792. The monoisotopic (exact) mass is 521 g/mol. The second kappa shape index (κ2) is 12.2. The van der Waals surface area contributed by atoms with E-state index in [1.165, 1.54) is 5.56 Å². The average Bonchev–Trinajstić information content (AvgIpc) is 3.50. The second-order valence-corrected chi connectivity index (χ2v) is 10.2. The maximum atomic E-state index is 13.3. The number of hydrogen-bond donors (Lipinski definition) is 0. The Balaban J connectivity index is 1.60. The number of carbonyl (C=O) groups is 1. The van der Waals surface area contributed by atoms with Gasteiger partial charge in [-0.15, -0.1) is 11.3 Å². The Labute approximate surface area is 222 Å². The number of aromatic nitrogens is 2. The summed E-state index contributed by atoms with van der Waals surface area (Å²) in [5.74, 6) is 0.694. The number of thiazole rings is 1. The molecule has 2 aromatic carbocycles. The van der Waals surface area contributed by atoms with Crippen LogP contribution in [0.3, 0.4) is 0 Å². The van der Waals surface area contributed by atoms with Crippen molar-refractivity contribution in [2.75, 3.05) is 13.6 Å². The topological polar surface area (TPSA) is 47.4 Å². The van der Waals surface area contributed by atoms with Gasteiger partial charge in [0.2, 0.25) is 0 Å². The normalized spacial score (nSPS) is 11.0. The third-order valence-electron chi connectivity index (χ3n) is 6.26. The molecule has 0 unspecified atom stereocenters. The number of benzene rings is 2. The Morgan fingerprint density at radius 1 is 1.14 bits per heavy atom. The van der Waals surface area contributed by atoms with Gasteiger partial charge in [0.05, 0.1) is 22.0 Å². The standard InChI is InChI=1S/C29H32ClN3O2S/c1-4-5-16-32(3)29(34)23-18-26(33(21(23)2)17-15-22-11-7-6-8-12-22)25-20-36-28(31-25)19-35-27-14-10-9-13-24(27)30/h6-14,18,20H,4-5,15-17,19H2,1-3H3. The van der Waals surface area contributed by atoms with E-state index in [-0.39, 0.29) is 5.91 Å². The van der Waals surface area contributed by atoms with Crippen LogP contribution in [0.4, 0.5) is 0 Å². The number of amides is 1. The van der Waals surface area contributed by atoms with Crippen LogP contribution >= 0.6 is 22.9 Å². The van der Waals surface area contributed by atoms with Crippen molar-refractivity contribution in [2.45, 2.75) is 46.3 Å². The summed E-state index contributed by atoms with van der Waals surface area (Å²) >= 11 is 7.77. The molecule has 2 aromatic heterocycles. The molecule has 7 heteroatoms. The Morgan fingerprint density at radius 3 is 2.64 bits per heavy atom. The summed E-state index contributed by atoms with van der Waals surface area (Å²) in [7, 11) is 1.88. The number of aryl methyl sites for hydroxylation is 1. The molecule has 0 bridgehead atoms. The van der Waals surface area contributed by atoms with Crippen molar-refractivity contribution in [1.29, 1.82) is 0 Å². The van der Waals surface area contributed by atoms with Crippen LogP contribution in [-0.2, 0) is 19.6 Å². The molecule has 188 valence electrons. The van der Waals surface area contributed by atoms with Crippen molar-refractivity contribution in [2.24, 2.45) is 0 Å². The van der Waals surface area contributed by atoms with E-state index in [1.807, 2.05) is 60.6 Å². The fourth-order valence-corrected chi connectivity index (χ4v) is 5.04. The summed E-state index contributed by atoms with van der Waals surface area (Å²) in [4.78, 5) is 20.0. The highest BCUT2D eigenvalue weighted by Gasteiger charge is 2.22. The highest BCUT2D eigenvalue weighted by molar-refractivity contribution is 7.09. The van der Waals surface area contributed by atoms with Crippen LogP contribution < -0.4 is 4.74 Å². The minimum absolute atomic E-state index is 0.0539. The molecule has 0 fully saturated rings. The summed E-state index contributed by atoms with van der Waals surface area (Å²) in [6, 6.07) is 19.8. The molecule has 0 saturated carbocycles. The number of carbonyl (C=O) groups excluding carboxylic acids is 1. The fraction of sp³-hybridized carbons (Fsp3) is 0.310. The zero-order chi connectivity index (χ0) is 25.5. The van der Waals surface area contributed by atoms with Crippen LogP contribution in [0.15, 0.2) is 66.0 Å². The van der Waals surface area contributed by atoms with Gasteiger partial charge in [0.25, 0.3) is 5.91 Å². The first-order chi connectivity index (χ1) is 17.5. The quantitative estimate of drug-likeness (QED) is 0.208. The SMILES string of the molecule is CCCCN(C)C(=O)c1cc(-c2csc(COc3ccccc3Cl)n2)n(CCc2ccccc2)c1C. The third kappa shape index (κ3) is 6.18. The average molecular weight is 522 g/mol. The van der Waals surface area contributed by atoms with E-state index >= 15 is 0 Å². The van der Waals surface area contributed by atoms with Gasteiger partial charge >= 0.3 is 0 Å². The highest BCUT2D eigenvalue weighted by atomic mass is 35.5. The Hall–Kier alpha value is -3.09. The van der Waals surface area contributed by atoms with E-state index in [0.29, 0.717) is 17.4 Å². The van der Waals surface area contributed by atoms with E-state index < -0.39 is 0 Å². The first kappa shape index (κ1) is 26.0. The summed E-state index contributed by atoms with van der Waals surface area (Å²) in [6.45, 7) is 6.02. The highest BCUT2D eigenvalue weighted by Crippen LogP contribution is 2.30. The molecule has 0 radical (unpaired) electrons. The molecule has 4 aromatic rings. The summed E-state index contributed by atoms with van der Waals surface area (Å²) in [6.07, 6.45) is 2.91. The smallest absolute Gasteiger partial charge is 0.255 e. The maximum Gasteiger partial charge on any atom is 0.255 e. The first-order valence-corrected chi connectivity index (χ1v) is 13.5. The zero-order valence-corrected chi connectivity index (χ0v) is 22.6. The molecular weight excluding hydrogens is 490 g/mol. The number of ether oxygens (including phenoxy) is 1. The molecule has 0 N–H and O–H groups in total. The molecule has 0 saturated heterocycles. The van der Waals surface area contributed by atoms with Crippen molar-refractivity contribution >= 4 is 28.8 Å². The number of para-hydroxylation sites is 1. The molecule has 0 aliphatic heterocycles. The zero-order valence-electron chi connectivity index (χ0n) is 21.0. The van der Waals surface area contributed by atoms with Crippen LogP contribution in [-0.4, -0.2) is 34.0 Å². The van der Waals surface area contributed by atoms with E-state index in [2.05, 4.69) is 35.8 Å². The van der Waals surface area contributed by atoms with Crippen molar-refractivity contribution < 1.29 is 9.53 Å². The van der Waals surface area contributed by atoms with Crippen molar-refractivity contribution in [3.8, 4) is 17.1 Å².